The predicted octanol–water partition coefficient (Wildman–Crippen LogP) is 5.71. The van der Waals surface area contributed by atoms with Crippen LogP contribution in [0.4, 0.5) is 5.69 Å². The van der Waals surface area contributed by atoms with Gasteiger partial charge in [-0.25, -0.2) is 0 Å². The van der Waals surface area contributed by atoms with Crippen LogP contribution in [0, 0.1) is 0 Å². The van der Waals surface area contributed by atoms with Gasteiger partial charge in [0.15, 0.2) is 0 Å². The quantitative estimate of drug-likeness (QED) is 0.634. The zero-order chi connectivity index (χ0) is 17.3. The van der Waals surface area contributed by atoms with Crippen LogP contribution in [0.5, 0.6) is 0 Å². The third-order valence-corrected chi connectivity index (χ3v) is 4.56. The Balaban J connectivity index is 1.85. The average molecular weight is 361 g/mol. The second-order valence-electron chi connectivity index (χ2n) is 5.79. The molecule has 3 aromatic rings. The van der Waals surface area contributed by atoms with E-state index in [0.717, 1.165) is 17.3 Å². The van der Waals surface area contributed by atoms with Crippen LogP contribution in [0.3, 0.4) is 0 Å². The summed E-state index contributed by atoms with van der Waals surface area (Å²) in [4.78, 5) is 12.6. The molecule has 0 bridgehead atoms. The van der Waals surface area contributed by atoms with E-state index in [2.05, 4.69) is 30.4 Å². The van der Waals surface area contributed by atoms with Gasteiger partial charge in [0.25, 0.3) is 0 Å². The molecule has 0 aliphatic carbocycles. The van der Waals surface area contributed by atoms with Crippen molar-refractivity contribution in [1.82, 2.24) is 4.57 Å². The molecule has 1 heterocycles. The number of halogens is 2. The molecular weight excluding hydrogens is 343 g/mol. The summed E-state index contributed by atoms with van der Waals surface area (Å²) in [5.74, 6) is -0.120. The maximum atomic E-state index is 12.6. The van der Waals surface area contributed by atoms with Crippen molar-refractivity contribution in [3.8, 4) is 0 Å². The van der Waals surface area contributed by atoms with Gasteiger partial charge < -0.3 is 9.88 Å². The third kappa shape index (κ3) is 3.42. The molecule has 1 unspecified atom stereocenters. The second kappa shape index (κ2) is 6.88. The van der Waals surface area contributed by atoms with Crippen molar-refractivity contribution in [2.24, 2.45) is 0 Å². The highest BCUT2D eigenvalue weighted by Crippen LogP contribution is 2.25. The zero-order valence-corrected chi connectivity index (χ0v) is 15.0. The van der Waals surface area contributed by atoms with E-state index in [1.54, 1.807) is 18.2 Å². The minimum Gasteiger partial charge on any atom is -0.335 e. The number of hydrogen-bond acceptors (Lipinski definition) is 1. The first-order valence-electron chi connectivity index (χ1n) is 7.84. The lowest BCUT2D eigenvalue weighted by atomic mass is 10.1. The molecule has 2 aromatic carbocycles. The SMILES string of the molecule is CCc1ccc2c(ccn2C(C)C(=O)Nc2cc(Cl)cc(Cl)c2)c1. The third-order valence-electron chi connectivity index (χ3n) is 4.12. The Morgan fingerprint density at radius 1 is 1.12 bits per heavy atom. The van der Waals surface area contributed by atoms with Crippen molar-refractivity contribution < 1.29 is 4.79 Å². The number of nitrogens with zero attached hydrogens (tertiary/aromatic N) is 1. The van der Waals surface area contributed by atoms with Crippen molar-refractivity contribution >= 4 is 45.7 Å². The monoisotopic (exact) mass is 360 g/mol. The van der Waals surface area contributed by atoms with E-state index >= 15 is 0 Å². The Kier molecular flexibility index (Phi) is 4.83. The van der Waals surface area contributed by atoms with E-state index in [-0.39, 0.29) is 11.9 Å². The molecule has 0 saturated heterocycles. The fourth-order valence-electron chi connectivity index (χ4n) is 2.77. The van der Waals surface area contributed by atoms with Crippen molar-refractivity contribution in [1.29, 1.82) is 0 Å². The standard InChI is InChI=1S/C19H18Cl2N2O/c1-3-13-4-5-18-14(8-13)6-7-23(18)12(2)19(24)22-17-10-15(20)9-16(21)11-17/h4-12H,3H2,1-2H3,(H,22,24). The Bertz CT molecular complexity index is 881. The molecule has 24 heavy (non-hydrogen) atoms. The van der Waals surface area contributed by atoms with Crippen molar-refractivity contribution in [3.63, 3.8) is 0 Å². The molecule has 1 N–H and O–H groups in total. The van der Waals surface area contributed by atoms with Gasteiger partial charge in [-0.2, -0.15) is 0 Å². The van der Waals surface area contributed by atoms with E-state index in [4.69, 9.17) is 23.2 Å². The Hall–Kier alpha value is -1.97. The first-order chi connectivity index (χ1) is 11.5. The van der Waals surface area contributed by atoms with Crippen molar-refractivity contribution in [2.45, 2.75) is 26.3 Å². The first kappa shape index (κ1) is 16.9. The molecule has 3 rings (SSSR count). The molecule has 124 valence electrons. The van der Waals surface area contributed by atoms with Gasteiger partial charge in [-0.05, 0) is 60.7 Å². The number of rotatable bonds is 4. The molecule has 1 atom stereocenters. The summed E-state index contributed by atoms with van der Waals surface area (Å²) in [6.07, 6.45) is 2.94. The van der Waals surface area contributed by atoms with Crippen LogP contribution in [-0.2, 0) is 11.2 Å². The Labute approximate surface area is 151 Å². The van der Waals surface area contributed by atoms with Gasteiger partial charge in [0.1, 0.15) is 6.04 Å². The molecule has 5 heteroatoms. The van der Waals surface area contributed by atoms with Crippen LogP contribution in [-0.4, -0.2) is 10.5 Å². The minimum absolute atomic E-state index is 0.120. The summed E-state index contributed by atoms with van der Waals surface area (Å²) >= 11 is 12.0. The summed E-state index contributed by atoms with van der Waals surface area (Å²) in [6.45, 7) is 4.00. The Morgan fingerprint density at radius 3 is 2.50 bits per heavy atom. The van der Waals surface area contributed by atoms with Crippen LogP contribution in [0.2, 0.25) is 10.0 Å². The molecule has 0 spiro atoms. The van der Waals surface area contributed by atoms with Gasteiger partial charge in [-0.1, -0.05) is 36.2 Å². The number of benzene rings is 2. The smallest absolute Gasteiger partial charge is 0.247 e. The number of aryl methyl sites for hydroxylation is 1. The summed E-state index contributed by atoms with van der Waals surface area (Å²) < 4.78 is 1.97. The van der Waals surface area contributed by atoms with Gasteiger partial charge in [0.2, 0.25) is 5.91 Å². The molecule has 0 fully saturated rings. The van der Waals surface area contributed by atoms with Crippen LogP contribution in [0.1, 0.15) is 25.5 Å². The number of aromatic nitrogens is 1. The lowest BCUT2D eigenvalue weighted by Crippen LogP contribution is -2.23. The van der Waals surface area contributed by atoms with Crippen LogP contribution in [0.25, 0.3) is 10.9 Å². The fraction of sp³-hybridized carbons (Fsp3) is 0.211. The number of hydrogen-bond donors (Lipinski definition) is 1. The number of amides is 1. The van der Waals surface area contributed by atoms with E-state index in [1.807, 2.05) is 23.8 Å². The first-order valence-corrected chi connectivity index (χ1v) is 8.60. The van der Waals surface area contributed by atoms with Gasteiger partial charge in [-0.15, -0.1) is 0 Å². The van der Waals surface area contributed by atoms with E-state index < -0.39 is 0 Å². The molecule has 0 aliphatic heterocycles. The molecule has 0 saturated carbocycles. The number of fused-ring (bicyclic) bond motifs is 1. The van der Waals surface area contributed by atoms with Gasteiger partial charge >= 0.3 is 0 Å². The molecule has 3 nitrogen and oxygen atoms in total. The van der Waals surface area contributed by atoms with Crippen molar-refractivity contribution in [3.05, 3.63) is 64.3 Å². The summed E-state index contributed by atoms with van der Waals surface area (Å²) in [7, 11) is 0. The molecule has 1 aromatic heterocycles. The topological polar surface area (TPSA) is 34.0 Å². The maximum Gasteiger partial charge on any atom is 0.247 e. The molecule has 0 aliphatic rings. The van der Waals surface area contributed by atoms with E-state index in [0.29, 0.717) is 15.7 Å². The minimum atomic E-state index is -0.354. The largest absolute Gasteiger partial charge is 0.335 e. The van der Waals surface area contributed by atoms with Crippen molar-refractivity contribution in [2.75, 3.05) is 5.32 Å². The number of nitrogens with one attached hydrogen (secondary N) is 1. The summed E-state index contributed by atoms with van der Waals surface area (Å²) in [6, 6.07) is 13.0. The average Bonchev–Trinajstić information content (AvgIpc) is 2.95. The number of carbonyl (C=O) groups is 1. The fourth-order valence-corrected chi connectivity index (χ4v) is 3.30. The highest BCUT2D eigenvalue weighted by molar-refractivity contribution is 6.35. The lowest BCUT2D eigenvalue weighted by Gasteiger charge is -2.16. The number of anilines is 1. The highest BCUT2D eigenvalue weighted by Gasteiger charge is 2.17. The summed E-state index contributed by atoms with van der Waals surface area (Å²) in [5, 5.41) is 4.99. The van der Waals surface area contributed by atoms with Crippen LogP contribution in [0.15, 0.2) is 48.7 Å². The van der Waals surface area contributed by atoms with E-state index in [1.165, 1.54) is 5.56 Å². The molecule has 0 radical (unpaired) electrons. The molecular formula is C19H18Cl2N2O. The molecule has 1 amide bonds. The van der Waals surface area contributed by atoms with Crippen LogP contribution < -0.4 is 5.32 Å². The van der Waals surface area contributed by atoms with Gasteiger partial charge in [-0.3, -0.25) is 4.79 Å². The van der Waals surface area contributed by atoms with Gasteiger partial charge in [0.05, 0.1) is 0 Å². The lowest BCUT2D eigenvalue weighted by molar-refractivity contribution is -0.118. The van der Waals surface area contributed by atoms with E-state index in [9.17, 15) is 4.79 Å². The normalized spacial score (nSPS) is 12.3. The maximum absolute atomic E-state index is 12.6. The highest BCUT2D eigenvalue weighted by atomic mass is 35.5. The summed E-state index contributed by atoms with van der Waals surface area (Å²) in [5.41, 5.74) is 2.92. The Morgan fingerprint density at radius 2 is 1.83 bits per heavy atom. The zero-order valence-electron chi connectivity index (χ0n) is 13.5. The van der Waals surface area contributed by atoms with Gasteiger partial charge in [0, 0.05) is 27.4 Å². The van der Waals surface area contributed by atoms with Crippen LogP contribution >= 0.6 is 23.2 Å². The number of carbonyl (C=O) groups excluding carboxylic acids is 1. The predicted molar refractivity (Wildman–Crippen MR) is 101 cm³/mol. The second-order valence-corrected chi connectivity index (χ2v) is 6.67.